The highest BCUT2D eigenvalue weighted by Gasteiger charge is 2.28. The van der Waals surface area contributed by atoms with E-state index in [0.29, 0.717) is 25.2 Å². The number of hydrogen-bond acceptors (Lipinski definition) is 5. The molecule has 0 aliphatic carbocycles. The van der Waals surface area contributed by atoms with Crippen molar-refractivity contribution in [3.8, 4) is 11.4 Å². The standard InChI is InChI=1S/C20H20N6O2/c1-12-4-2-5-13(10-12)19-25-24-17-9-8-14(11-26(17)19)20(28)23-16-7-3-6-15(22-16)18(21)27/h2-7,10,14H,8-9,11H2,1H3,(H2,21,27)(H,22,23,28). The zero-order valence-electron chi connectivity index (χ0n) is 15.4. The molecule has 0 fully saturated rings. The van der Waals surface area contributed by atoms with E-state index in [4.69, 9.17) is 5.73 Å². The van der Waals surface area contributed by atoms with E-state index < -0.39 is 5.91 Å². The molecule has 1 unspecified atom stereocenters. The van der Waals surface area contributed by atoms with Crippen LogP contribution in [0.3, 0.4) is 0 Å². The van der Waals surface area contributed by atoms with E-state index in [2.05, 4.69) is 26.6 Å². The van der Waals surface area contributed by atoms with Crippen molar-refractivity contribution in [3.05, 3.63) is 59.5 Å². The number of nitrogens with one attached hydrogen (secondary N) is 1. The zero-order valence-corrected chi connectivity index (χ0v) is 15.4. The minimum Gasteiger partial charge on any atom is -0.364 e. The molecule has 0 radical (unpaired) electrons. The predicted octanol–water partition coefficient (Wildman–Crippen LogP) is 1.95. The van der Waals surface area contributed by atoms with Crippen LogP contribution in [0.5, 0.6) is 0 Å². The molecule has 1 aliphatic rings. The summed E-state index contributed by atoms with van der Waals surface area (Å²) >= 11 is 0. The summed E-state index contributed by atoms with van der Waals surface area (Å²) in [5, 5.41) is 11.4. The average molecular weight is 376 g/mol. The maximum atomic E-state index is 12.8. The zero-order chi connectivity index (χ0) is 19.7. The summed E-state index contributed by atoms with van der Waals surface area (Å²) in [6, 6.07) is 12.8. The maximum absolute atomic E-state index is 12.8. The number of nitrogens with two attached hydrogens (primary N) is 1. The van der Waals surface area contributed by atoms with Crippen molar-refractivity contribution in [2.45, 2.75) is 26.3 Å². The van der Waals surface area contributed by atoms with Gasteiger partial charge < -0.3 is 15.6 Å². The summed E-state index contributed by atoms with van der Waals surface area (Å²) < 4.78 is 2.01. The Bertz CT molecular complexity index is 1060. The van der Waals surface area contributed by atoms with Crippen molar-refractivity contribution in [3.63, 3.8) is 0 Å². The van der Waals surface area contributed by atoms with Gasteiger partial charge in [-0.3, -0.25) is 9.59 Å². The Morgan fingerprint density at radius 2 is 2.00 bits per heavy atom. The van der Waals surface area contributed by atoms with E-state index in [-0.39, 0.29) is 17.5 Å². The lowest BCUT2D eigenvalue weighted by Crippen LogP contribution is -2.32. The number of hydrogen-bond donors (Lipinski definition) is 2. The van der Waals surface area contributed by atoms with Gasteiger partial charge >= 0.3 is 0 Å². The van der Waals surface area contributed by atoms with Gasteiger partial charge in [-0.2, -0.15) is 0 Å². The largest absolute Gasteiger partial charge is 0.364 e. The Balaban J connectivity index is 1.54. The summed E-state index contributed by atoms with van der Waals surface area (Å²) in [5.74, 6) is 0.940. The smallest absolute Gasteiger partial charge is 0.267 e. The molecule has 28 heavy (non-hydrogen) atoms. The van der Waals surface area contributed by atoms with Crippen molar-refractivity contribution < 1.29 is 9.59 Å². The molecule has 2 aromatic heterocycles. The second-order valence-electron chi connectivity index (χ2n) is 6.92. The number of aryl methyl sites for hydroxylation is 2. The van der Waals surface area contributed by atoms with Crippen LogP contribution in [-0.4, -0.2) is 31.6 Å². The normalized spacial score (nSPS) is 15.7. The second kappa shape index (κ2) is 7.22. The lowest BCUT2D eigenvalue weighted by molar-refractivity contribution is -0.120. The first-order valence-corrected chi connectivity index (χ1v) is 9.08. The van der Waals surface area contributed by atoms with Gasteiger partial charge in [0.15, 0.2) is 5.82 Å². The van der Waals surface area contributed by atoms with Gasteiger partial charge in [0.05, 0.1) is 5.92 Å². The van der Waals surface area contributed by atoms with E-state index in [1.807, 2.05) is 29.7 Å². The van der Waals surface area contributed by atoms with Gasteiger partial charge in [-0.05, 0) is 31.5 Å². The SMILES string of the molecule is Cc1cccc(-c2nnc3n2CC(C(=O)Nc2cccc(C(N)=O)n2)CC3)c1. The second-order valence-corrected chi connectivity index (χ2v) is 6.92. The lowest BCUT2D eigenvalue weighted by atomic mass is 9.98. The van der Waals surface area contributed by atoms with E-state index in [9.17, 15) is 9.59 Å². The summed E-state index contributed by atoms with van der Waals surface area (Å²) in [6.45, 7) is 2.52. The van der Waals surface area contributed by atoms with Crippen molar-refractivity contribution in [1.82, 2.24) is 19.7 Å². The summed E-state index contributed by atoms with van der Waals surface area (Å²) in [7, 11) is 0. The number of carbonyl (C=O) groups excluding carboxylic acids is 2. The molecule has 142 valence electrons. The summed E-state index contributed by atoms with van der Waals surface area (Å²) in [4.78, 5) is 28.1. The number of amides is 2. The molecule has 8 nitrogen and oxygen atoms in total. The predicted molar refractivity (Wildman–Crippen MR) is 103 cm³/mol. The number of nitrogens with zero attached hydrogens (tertiary/aromatic N) is 4. The van der Waals surface area contributed by atoms with Gasteiger partial charge in [-0.15, -0.1) is 10.2 Å². The first-order chi connectivity index (χ1) is 13.5. The number of rotatable bonds is 4. The lowest BCUT2D eigenvalue weighted by Gasteiger charge is -2.23. The first-order valence-electron chi connectivity index (χ1n) is 9.08. The molecular formula is C20H20N6O2. The monoisotopic (exact) mass is 376 g/mol. The number of primary amides is 1. The van der Waals surface area contributed by atoms with Gasteiger partial charge in [0.25, 0.3) is 5.91 Å². The van der Waals surface area contributed by atoms with Gasteiger partial charge in [0, 0.05) is 18.5 Å². The Labute approximate surface area is 161 Å². The highest BCUT2D eigenvalue weighted by Crippen LogP contribution is 2.27. The Morgan fingerprint density at radius 1 is 1.18 bits per heavy atom. The fourth-order valence-corrected chi connectivity index (χ4v) is 3.41. The van der Waals surface area contributed by atoms with E-state index >= 15 is 0 Å². The molecule has 4 rings (SSSR count). The molecule has 0 saturated carbocycles. The number of anilines is 1. The van der Waals surface area contributed by atoms with Crippen LogP contribution in [0.15, 0.2) is 42.5 Å². The Hall–Kier alpha value is -3.55. The molecule has 0 saturated heterocycles. The topological polar surface area (TPSA) is 116 Å². The molecular weight excluding hydrogens is 356 g/mol. The van der Waals surface area contributed by atoms with Crippen LogP contribution < -0.4 is 11.1 Å². The molecule has 8 heteroatoms. The van der Waals surface area contributed by atoms with Gasteiger partial charge in [-0.1, -0.05) is 29.8 Å². The van der Waals surface area contributed by atoms with E-state index in [1.54, 1.807) is 12.1 Å². The summed E-state index contributed by atoms with van der Waals surface area (Å²) in [6.07, 6.45) is 1.35. The van der Waals surface area contributed by atoms with Crippen molar-refractivity contribution >= 4 is 17.6 Å². The number of carbonyl (C=O) groups is 2. The maximum Gasteiger partial charge on any atom is 0.267 e. The quantitative estimate of drug-likeness (QED) is 0.722. The molecule has 3 N–H and O–H groups in total. The fourth-order valence-electron chi connectivity index (χ4n) is 3.41. The molecule has 1 aliphatic heterocycles. The van der Waals surface area contributed by atoms with E-state index in [0.717, 1.165) is 22.8 Å². The van der Waals surface area contributed by atoms with Crippen LogP contribution in [0.4, 0.5) is 5.82 Å². The van der Waals surface area contributed by atoms with Crippen LogP contribution in [0, 0.1) is 12.8 Å². The molecule has 1 atom stereocenters. The van der Waals surface area contributed by atoms with Crippen LogP contribution in [0.25, 0.3) is 11.4 Å². The highest BCUT2D eigenvalue weighted by molar-refractivity contribution is 5.94. The number of pyridine rings is 1. The van der Waals surface area contributed by atoms with Gasteiger partial charge in [-0.25, -0.2) is 4.98 Å². The van der Waals surface area contributed by atoms with Crippen LogP contribution in [-0.2, 0) is 17.8 Å². The third kappa shape index (κ3) is 3.48. The van der Waals surface area contributed by atoms with Crippen LogP contribution >= 0.6 is 0 Å². The average Bonchev–Trinajstić information content (AvgIpc) is 3.11. The minimum atomic E-state index is -0.634. The number of aromatic nitrogens is 4. The molecule has 0 spiro atoms. The third-order valence-corrected chi connectivity index (χ3v) is 4.85. The Morgan fingerprint density at radius 3 is 2.79 bits per heavy atom. The minimum absolute atomic E-state index is 0.115. The van der Waals surface area contributed by atoms with Crippen molar-refractivity contribution in [2.75, 3.05) is 5.32 Å². The molecule has 3 aromatic rings. The van der Waals surface area contributed by atoms with Crippen molar-refractivity contribution in [1.29, 1.82) is 0 Å². The van der Waals surface area contributed by atoms with Crippen LogP contribution in [0.1, 0.15) is 28.3 Å². The third-order valence-electron chi connectivity index (χ3n) is 4.85. The molecule has 2 amide bonds. The molecule has 1 aromatic carbocycles. The number of benzene rings is 1. The fraction of sp³-hybridized carbons (Fsp3) is 0.250. The van der Waals surface area contributed by atoms with Crippen LogP contribution in [0.2, 0.25) is 0 Å². The highest BCUT2D eigenvalue weighted by atomic mass is 16.2. The Kier molecular flexibility index (Phi) is 4.60. The van der Waals surface area contributed by atoms with Gasteiger partial charge in [0.1, 0.15) is 17.3 Å². The summed E-state index contributed by atoms with van der Waals surface area (Å²) in [5.41, 5.74) is 7.49. The van der Waals surface area contributed by atoms with Crippen molar-refractivity contribution in [2.24, 2.45) is 11.7 Å². The first kappa shape index (κ1) is 17.8. The van der Waals surface area contributed by atoms with Gasteiger partial charge in [0.2, 0.25) is 5.91 Å². The van der Waals surface area contributed by atoms with E-state index in [1.165, 1.54) is 6.07 Å². The number of fused-ring (bicyclic) bond motifs is 1. The molecule has 0 bridgehead atoms. The molecule has 3 heterocycles.